The number of anilines is 1. The number of amides is 1. The molecule has 0 aliphatic carbocycles. The molecule has 138 valence electrons. The van der Waals surface area contributed by atoms with Crippen molar-refractivity contribution in [2.24, 2.45) is 0 Å². The van der Waals surface area contributed by atoms with Crippen molar-refractivity contribution in [1.29, 1.82) is 0 Å². The highest BCUT2D eigenvalue weighted by atomic mass is 32.2. The molecule has 27 heavy (non-hydrogen) atoms. The minimum atomic E-state index is -3.90. The number of carbonyl (C=O) groups is 1. The van der Waals surface area contributed by atoms with Gasteiger partial charge in [-0.25, -0.2) is 8.42 Å². The van der Waals surface area contributed by atoms with Crippen LogP contribution in [-0.2, 0) is 21.2 Å². The van der Waals surface area contributed by atoms with E-state index < -0.39 is 16.1 Å². The van der Waals surface area contributed by atoms with Crippen molar-refractivity contribution in [2.45, 2.75) is 24.3 Å². The van der Waals surface area contributed by atoms with Crippen LogP contribution in [0.2, 0.25) is 0 Å². The Kier molecular flexibility index (Phi) is 4.25. The van der Waals surface area contributed by atoms with Gasteiger partial charge in [0.2, 0.25) is 27.7 Å². The third-order valence-electron chi connectivity index (χ3n) is 4.21. The number of nitrogens with one attached hydrogen (secondary N) is 2. The first-order valence-corrected chi connectivity index (χ1v) is 9.71. The molecule has 1 amide bonds. The highest BCUT2D eigenvalue weighted by molar-refractivity contribution is 7.89. The normalized spacial score (nSPS) is 14.6. The number of aromatic nitrogens is 2. The lowest BCUT2D eigenvalue weighted by Gasteiger charge is -2.16. The maximum absolute atomic E-state index is 13.0. The van der Waals surface area contributed by atoms with E-state index in [4.69, 9.17) is 4.42 Å². The van der Waals surface area contributed by atoms with Gasteiger partial charge in [0.1, 0.15) is 6.04 Å². The standard InChI is InChI=1S/C18H16N4O4S/c1-11-20-21-18(26-11)17(12-5-3-2-4-6-12)22-27(24,25)14-7-8-15-13(9-14)10-16(23)19-15/h2-9,17,22H,10H2,1H3,(H,19,23). The maximum atomic E-state index is 13.0. The molecule has 1 atom stereocenters. The fourth-order valence-electron chi connectivity index (χ4n) is 2.93. The fraction of sp³-hybridized carbons (Fsp3) is 0.167. The summed E-state index contributed by atoms with van der Waals surface area (Å²) in [4.78, 5) is 11.6. The van der Waals surface area contributed by atoms with Crippen LogP contribution < -0.4 is 10.0 Å². The van der Waals surface area contributed by atoms with E-state index in [1.807, 2.05) is 6.07 Å². The summed E-state index contributed by atoms with van der Waals surface area (Å²) in [5.41, 5.74) is 1.95. The van der Waals surface area contributed by atoms with Gasteiger partial charge in [-0.1, -0.05) is 30.3 Å². The first-order valence-electron chi connectivity index (χ1n) is 8.22. The Balaban J connectivity index is 1.70. The highest BCUT2D eigenvalue weighted by Gasteiger charge is 2.28. The largest absolute Gasteiger partial charge is 0.423 e. The number of hydrogen-bond acceptors (Lipinski definition) is 6. The molecule has 1 aliphatic rings. The van der Waals surface area contributed by atoms with Crippen molar-refractivity contribution >= 4 is 21.6 Å². The number of benzene rings is 2. The minimum Gasteiger partial charge on any atom is -0.423 e. The molecular weight excluding hydrogens is 368 g/mol. The molecule has 0 saturated heterocycles. The van der Waals surface area contributed by atoms with Crippen molar-refractivity contribution in [2.75, 3.05) is 5.32 Å². The zero-order valence-corrected chi connectivity index (χ0v) is 15.2. The van der Waals surface area contributed by atoms with Gasteiger partial charge in [-0.2, -0.15) is 4.72 Å². The van der Waals surface area contributed by atoms with Crippen LogP contribution in [0.5, 0.6) is 0 Å². The van der Waals surface area contributed by atoms with E-state index in [0.717, 1.165) is 0 Å². The Morgan fingerprint density at radius 2 is 1.93 bits per heavy atom. The van der Waals surface area contributed by atoms with Crippen LogP contribution in [-0.4, -0.2) is 24.5 Å². The molecule has 2 N–H and O–H groups in total. The van der Waals surface area contributed by atoms with Crippen LogP contribution in [0.1, 0.15) is 29.0 Å². The molecule has 0 bridgehead atoms. The van der Waals surface area contributed by atoms with Gasteiger partial charge in [-0.15, -0.1) is 10.2 Å². The van der Waals surface area contributed by atoms with Crippen molar-refractivity contribution in [3.05, 3.63) is 71.4 Å². The summed E-state index contributed by atoms with van der Waals surface area (Å²) in [6.45, 7) is 1.64. The van der Waals surface area contributed by atoms with Crippen molar-refractivity contribution in [3.63, 3.8) is 0 Å². The van der Waals surface area contributed by atoms with Crippen LogP contribution in [0.3, 0.4) is 0 Å². The predicted molar refractivity (Wildman–Crippen MR) is 96.4 cm³/mol. The molecule has 2 heterocycles. The van der Waals surface area contributed by atoms with E-state index in [1.165, 1.54) is 12.1 Å². The van der Waals surface area contributed by atoms with Gasteiger partial charge in [0, 0.05) is 12.6 Å². The molecule has 1 aliphatic heterocycles. The molecule has 3 aromatic rings. The average molecular weight is 384 g/mol. The van der Waals surface area contributed by atoms with E-state index in [1.54, 1.807) is 37.3 Å². The van der Waals surface area contributed by atoms with Crippen LogP contribution in [0.15, 0.2) is 57.8 Å². The molecule has 0 spiro atoms. The molecule has 8 nitrogen and oxygen atoms in total. The van der Waals surface area contributed by atoms with Gasteiger partial charge in [0.05, 0.1) is 11.3 Å². The topological polar surface area (TPSA) is 114 Å². The number of nitrogens with zero attached hydrogens (tertiary/aromatic N) is 2. The first-order chi connectivity index (χ1) is 12.9. The lowest BCUT2D eigenvalue weighted by molar-refractivity contribution is -0.115. The van der Waals surface area contributed by atoms with Crippen LogP contribution >= 0.6 is 0 Å². The quantitative estimate of drug-likeness (QED) is 0.695. The number of carbonyl (C=O) groups excluding carboxylic acids is 1. The Bertz CT molecular complexity index is 1110. The van der Waals surface area contributed by atoms with Gasteiger partial charge in [0.15, 0.2) is 0 Å². The van der Waals surface area contributed by atoms with Crippen LogP contribution in [0.4, 0.5) is 5.69 Å². The van der Waals surface area contributed by atoms with Gasteiger partial charge in [-0.05, 0) is 29.3 Å². The lowest BCUT2D eigenvalue weighted by atomic mass is 10.1. The zero-order valence-electron chi connectivity index (χ0n) is 14.3. The predicted octanol–water partition coefficient (Wildman–Crippen LogP) is 1.94. The Labute approximate surface area is 155 Å². The van der Waals surface area contributed by atoms with E-state index in [-0.39, 0.29) is 23.1 Å². The number of hydrogen-bond donors (Lipinski definition) is 2. The molecule has 1 aromatic heterocycles. The third-order valence-corrected chi connectivity index (χ3v) is 5.63. The Morgan fingerprint density at radius 3 is 2.63 bits per heavy atom. The minimum absolute atomic E-state index is 0.0647. The smallest absolute Gasteiger partial charge is 0.241 e. The van der Waals surface area contributed by atoms with Crippen molar-refractivity contribution in [1.82, 2.24) is 14.9 Å². The second-order valence-electron chi connectivity index (χ2n) is 6.17. The van der Waals surface area contributed by atoms with Gasteiger partial charge in [-0.3, -0.25) is 4.79 Å². The molecular formula is C18H16N4O4S. The highest BCUT2D eigenvalue weighted by Crippen LogP contribution is 2.28. The number of sulfonamides is 1. The van der Waals surface area contributed by atoms with Crippen molar-refractivity contribution in [3.8, 4) is 0 Å². The molecule has 2 aromatic carbocycles. The summed E-state index contributed by atoms with van der Waals surface area (Å²) < 4.78 is 34.0. The van der Waals surface area contributed by atoms with Crippen molar-refractivity contribution < 1.29 is 17.6 Å². The van der Waals surface area contributed by atoms with Gasteiger partial charge >= 0.3 is 0 Å². The summed E-state index contributed by atoms with van der Waals surface area (Å²) in [6, 6.07) is 12.7. The number of rotatable bonds is 5. The second-order valence-corrected chi connectivity index (χ2v) is 7.88. The number of fused-ring (bicyclic) bond motifs is 1. The molecule has 4 rings (SSSR count). The van der Waals surface area contributed by atoms with Crippen LogP contribution in [0, 0.1) is 6.92 Å². The SMILES string of the molecule is Cc1nnc(C(NS(=O)(=O)c2ccc3c(c2)CC(=O)N3)c2ccccc2)o1. The Hall–Kier alpha value is -3.04. The summed E-state index contributed by atoms with van der Waals surface area (Å²) in [6.07, 6.45) is 0.156. The van der Waals surface area contributed by atoms with E-state index in [0.29, 0.717) is 22.7 Å². The zero-order chi connectivity index (χ0) is 19.0. The molecule has 0 radical (unpaired) electrons. The summed E-state index contributed by atoms with van der Waals surface area (Å²) in [5, 5.41) is 10.4. The summed E-state index contributed by atoms with van der Waals surface area (Å²) in [7, 11) is -3.90. The molecule has 1 unspecified atom stereocenters. The first kappa shape index (κ1) is 17.4. The maximum Gasteiger partial charge on any atom is 0.241 e. The summed E-state index contributed by atoms with van der Waals surface area (Å²) >= 11 is 0. The second kappa shape index (κ2) is 6.60. The van der Waals surface area contributed by atoms with E-state index in [2.05, 4.69) is 20.2 Å². The lowest BCUT2D eigenvalue weighted by Crippen LogP contribution is -2.29. The Morgan fingerprint density at radius 1 is 1.15 bits per heavy atom. The van der Waals surface area contributed by atoms with E-state index >= 15 is 0 Å². The van der Waals surface area contributed by atoms with Crippen LogP contribution in [0.25, 0.3) is 0 Å². The monoisotopic (exact) mass is 384 g/mol. The van der Waals surface area contributed by atoms with Gasteiger partial charge < -0.3 is 9.73 Å². The molecule has 0 saturated carbocycles. The summed E-state index contributed by atoms with van der Waals surface area (Å²) in [5.74, 6) is 0.337. The van der Waals surface area contributed by atoms with E-state index in [9.17, 15) is 13.2 Å². The third kappa shape index (κ3) is 3.46. The fourth-order valence-corrected chi connectivity index (χ4v) is 4.16. The number of aryl methyl sites for hydroxylation is 1. The molecule has 9 heteroatoms. The van der Waals surface area contributed by atoms with Gasteiger partial charge in [0.25, 0.3) is 0 Å². The molecule has 0 fully saturated rings. The average Bonchev–Trinajstić information content (AvgIpc) is 3.24.